The van der Waals surface area contributed by atoms with E-state index in [1.165, 1.54) is 0 Å². The fraction of sp³-hybridized carbons (Fsp3) is 0.321. The first-order valence-electron chi connectivity index (χ1n) is 12.2. The summed E-state index contributed by atoms with van der Waals surface area (Å²) in [5, 5.41) is 7.44. The van der Waals surface area contributed by atoms with Crippen molar-refractivity contribution >= 4 is 24.3 Å². The summed E-state index contributed by atoms with van der Waals surface area (Å²) in [6.07, 6.45) is 7.94. The largest absolute Gasteiger partial charge is 0.496 e. The van der Waals surface area contributed by atoms with Gasteiger partial charge in [-0.15, -0.1) is 0 Å². The van der Waals surface area contributed by atoms with Crippen molar-refractivity contribution < 1.29 is 23.7 Å². The number of benzene rings is 2. The first-order valence-corrected chi connectivity index (χ1v) is 12.2. The van der Waals surface area contributed by atoms with Gasteiger partial charge < -0.3 is 23.7 Å². The van der Waals surface area contributed by atoms with Gasteiger partial charge in [0.1, 0.15) is 31.3 Å². The second-order valence-corrected chi connectivity index (χ2v) is 8.52. The predicted octanol–water partition coefficient (Wildman–Crippen LogP) is 4.24. The number of hydrogen-bond acceptors (Lipinski definition) is 7. The second kappa shape index (κ2) is 11.8. The van der Waals surface area contributed by atoms with Crippen LogP contribution in [0.4, 0.5) is 0 Å². The molecule has 1 aromatic heterocycles. The standard InChI is InChI=1S/C28H31N3O5/c1-32-27-20-25(34-15-12-31-10-13-33-14-11-31)8-5-22(27)4-7-24-19-23(29-30-24)6-2-21-3-9-26-28(18-21)36-17-16-35-26/h2-9,18-20H,10-17H2,1H3,(H,29,30)/b6-2+,7-4+. The number of nitrogens with zero attached hydrogens (tertiary/aromatic N) is 2. The lowest BCUT2D eigenvalue weighted by Crippen LogP contribution is -2.38. The number of methoxy groups -OCH3 is 1. The number of ether oxygens (including phenoxy) is 5. The van der Waals surface area contributed by atoms with Gasteiger partial charge in [-0.05, 0) is 54.1 Å². The molecular weight excluding hydrogens is 458 g/mol. The van der Waals surface area contributed by atoms with Crippen LogP contribution in [0.2, 0.25) is 0 Å². The first kappa shape index (κ1) is 24.0. The maximum absolute atomic E-state index is 5.94. The van der Waals surface area contributed by atoms with E-state index >= 15 is 0 Å². The highest BCUT2D eigenvalue weighted by atomic mass is 16.6. The molecule has 8 nitrogen and oxygen atoms in total. The molecule has 8 heteroatoms. The van der Waals surface area contributed by atoms with Gasteiger partial charge in [0.25, 0.3) is 0 Å². The summed E-state index contributed by atoms with van der Waals surface area (Å²) >= 11 is 0. The van der Waals surface area contributed by atoms with Gasteiger partial charge in [0.15, 0.2) is 11.5 Å². The highest BCUT2D eigenvalue weighted by Crippen LogP contribution is 2.31. The number of aromatic nitrogens is 2. The van der Waals surface area contributed by atoms with Crippen LogP contribution >= 0.6 is 0 Å². The molecule has 0 bridgehead atoms. The summed E-state index contributed by atoms with van der Waals surface area (Å²) < 4.78 is 28.1. The van der Waals surface area contributed by atoms with Crippen LogP contribution in [0.5, 0.6) is 23.0 Å². The Balaban J connectivity index is 1.17. The number of fused-ring (bicyclic) bond motifs is 1. The van der Waals surface area contributed by atoms with Crippen LogP contribution in [0.1, 0.15) is 22.5 Å². The van der Waals surface area contributed by atoms with E-state index in [-0.39, 0.29) is 0 Å². The molecule has 5 rings (SSSR count). The van der Waals surface area contributed by atoms with Gasteiger partial charge in [0.05, 0.1) is 31.7 Å². The van der Waals surface area contributed by atoms with E-state index in [2.05, 4.69) is 15.1 Å². The van der Waals surface area contributed by atoms with Crippen molar-refractivity contribution in [2.75, 3.05) is 59.8 Å². The van der Waals surface area contributed by atoms with Crippen molar-refractivity contribution in [2.24, 2.45) is 0 Å². The molecule has 188 valence electrons. The van der Waals surface area contributed by atoms with Crippen LogP contribution < -0.4 is 18.9 Å². The molecule has 0 aliphatic carbocycles. The Morgan fingerprint density at radius 1 is 0.917 bits per heavy atom. The number of H-pyrrole nitrogens is 1. The quantitative estimate of drug-likeness (QED) is 0.482. The molecular formula is C28H31N3O5. The van der Waals surface area contributed by atoms with Crippen LogP contribution in [0.15, 0.2) is 42.5 Å². The summed E-state index contributed by atoms with van der Waals surface area (Å²) in [4.78, 5) is 2.35. The summed E-state index contributed by atoms with van der Waals surface area (Å²) in [5.41, 5.74) is 3.71. The predicted molar refractivity (Wildman–Crippen MR) is 140 cm³/mol. The van der Waals surface area contributed by atoms with Crippen LogP contribution in [0.3, 0.4) is 0 Å². The van der Waals surface area contributed by atoms with Gasteiger partial charge >= 0.3 is 0 Å². The van der Waals surface area contributed by atoms with E-state index in [1.54, 1.807) is 7.11 Å². The lowest BCUT2D eigenvalue weighted by Gasteiger charge is -2.26. The highest BCUT2D eigenvalue weighted by Gasteiger charge is 2.11. The summed E-state index contributed by atoms with van der Waals surface area (Å²) in [5.74, 6) is 3.11. The first-order chi connectivity index (χ1) is 17.8. The van der Waals surface area contributed by atoms with Gasteiger partial charge in [-0.2, -0.15) is 5.10 Å². The zero-order chi connectivity index (χ0) is 24.6. The molecule has 2 aromatic carbocycles. The highest BCUT2D eigenvalue weighted by molar-refractivity contribution is 5.74. The van der Waals surface area contributed by atoms with Gasteiger partial charge in [-0.25, -0.2) is 0 Å². The molecule has 0 saturated carbocycles. The fourth-order valence-corrected chi connectivity index (χ4v) is 4.08. The van der Waals surface area contributed by atoms with Crippen LogP contribution in [-0.2, 0) is 4.74 Å². The van der Waals surface area contributed by atoms with E-state index < -0.39 is 0 Å². The number of aromatic amines is 1. The molecule has 2 aliphatic heterocycles. The molecule has 3 heterocycles. The monoisotopic (exact) mass is 489 g/mol. The van der Waals surface area contributed by atoms with Crippen LogP contribution in [-0.4, -0.2) is 74.9 Å². The molecule has 36 heavy (non-hydrogen) atoms. The lowest BCUT2D eigenvalue weighted by molar-refractivity contribution is 0.0322. The maximum Gasteiger partial charge on any atom is 0.161 e. The lowest BCUT2D eigenvalue weighted by atomic mass is 10.1. The van der Waals surface area contributed by atoms with Crippen molar-refractivity contribution in [3.05, 3.63) is 65.0 Å². The topological polar surface area (TPSA) is 78.1 Å². The van der Waals surface area contributed by atoms with Crippen molar-refractivity contribution in [3.8, 4) is 23.0 Å². The number of nitrogens with one attached hydrogen (secondary N) is 1. The molecule has 0 atom stereocenters. The molecule has 1 fully saturated rings. The van der Waals surface area contributed by atoms with Gasteiger partial charge in [0.2, 0.25) is 0 Å². The van der Waals surface area contributed by atoms with Gasteiger partial charge in [0, 0.05) is 31.3 Å². The summed E-state index contributed by atoms with van der Waals surface area (Å²) in [7, 11) is 1.67. The zero-order valence-corrected chi connectivity index (χ0v) is 20.4. The molecule has 0 unspecified atom stereocenters. The van der Waals surface area contributed by atoms with E-state index in [0.717, 1.165) is 78.4 Å². The van der Waals surface area contributed by atoms with Crippen molar-refractivity contribution in [2.45, 2.75) is 0 Å². The third kappa shape index (κ3) is 6.27. The summed E-state index contributed by atoms with van der Waals surface area (Å²) in [6, 6.07) is 13.8. The molecule has 0 radical (unpaired) electrons. The maximum atomic E-state index is 5.94. The zero-order valence-electron chi connectivity index (χ0n) is 20.4. The molecule has 0 spiro atoms. The Bertz CT molecular complexity index is 1210. The minimum absolute atomic E-state index is 0.575. The van der Waals surface area contributed by atoms with Gasteiger partial charge in [-0.1, -0.05) is 12.1 Å². The molecule has 2 aliphatic rings. The van der Waals surface area contributed by atoms with Crippen LogP contribution in [0.25, 0.3) is 24.3 Å². The molecule has 1 saturated heterocycles. The number of hydrogen-bond donors (Lipinski definition) is 1. The Labute approximate surface area is 211 Å². The number of morpholine rings is 1. The smallest absolute Gasteiger partial charge is 0.161 e. The van der Waals surface area contributed by atoms with E-state index in [4.69, 9.17) is 23.7 Å². The Morgan fingerprint density at radius 2 is 1.78 bits per heavy atom. The average Bonchev–Trinajstić information content (AvgIpc) is 3.39. The number of rotatable bonds is 9. The van der Waals surface area contributed by atoms with Crippen molar-refractivity contribution in [1.82, 2.24) is 15.1 Å². The van der Waals surface area contributed by atoms with Crippen molar-refractivity contribution in [3.63, 3.8) is 0 Å². The Morgan fingerprint density at radius 3 is 2.64 bits per heavy atom. The molecule has 3 aromatic rings. The minimum Gasteiger partial charge on any atom is -0.496 e. The van der Waals surface area contributed by atoms with Crippen LogP contribution in [0, 0.1) is 0 Å². The second-order valence-electron chi connectivity index (χ2n) is 8.52. The third-order valence-electron chi connectivity index (χ3n) is 6.06. The van der Waals surface area contributed by atoms with Gasteiger partial charge in [-0.3, -0.25) is 10.00 Å². The Hall–Kier alpha value is -3.75. The molecule has 0 amide bonds. The van der Waals surface area contributed by atoms with E-state index in [1.807, 2.05) is 66.8 Å². The fourth-order valence-electron chi connectivity index (χ4n) is 4.08. The normalized spacial score (nSPS) is 16.0. The summed E-state index contributed by atoms with van der Waals surface area (Å²) in [6.45, 7) is 6.19. The minimum atomic E-state index is 0.575. The SMILES string of the molecule is COc1cc(OCCN2CCOCC2)ccc1/C=C/c1cc(/C=C/c2ccc3c(c2)OCCO3)[nH]n1. The third-order valence-corrected chi connectivity index (χ3v) is 6.06. The van der Waals surface area contributed by atoms with E-state index in [0.29, 0.717) is 19.8 Å². The van der Waals surface area contributed by atoms with Crippen molar-refractivity contribution in [1.29, 1.82) is 0 Å². The van der Waals surface area contributed by atoms with E-state index in [9.17, 15) is 0 Å². The average molecular weight is 490 g/mol. The molecule has 1 N–H and O–H groups in total. The Kier molecular flexibility index (Phi) is 7.85.